The maximum Gasteiger partial charge on any atom is 0.339 e. The van der Waals surface area contributed by atoms with Gasteiger partial charge in [0, 0.05) is 0 Å². The van der Waals surface area contributed by atoms with Gasteiger partial charge in [-0.3, -0.25) is 4.68 Å². The van der Waals surface area contributed by atoms with E-state index in [1.54, 1.807) is 18.5 Å². The van der Waals surface area contributed by atoms with Gasteiger partial charge in [0.1, 0.15) is 17.9 Å². The molecule has 5 heteroatoms. The molecule has 2 rings (SSSR count). The average Bonchev–Trinajstić information content (AvgIpc) is 2.66. The average molecular weight is 260 g/mol. The highest BCUT2D eigenvalue weighted by atomic mass is 16.5. The van der Waals surface area contributed by atoms with E-state index in [1.807, 2.05) is 30.3 Å². The van der Waals surface area contributed by atoms with Gasteiger partial charge in [0.2, 0.25) is 0 Å². The molecule has 1 heterocycles. The number of benzene rings is 1. The Morgan fingerprint density at radius 2 is 2.00 bits per heavy atom. The Hall–Kier alpha value is -2.30. The monoisotopic (exact) mass is 260 g/mol. The number of carboxylic acid groups (broad SMARTS) is 1. The highest BCUT2D eigenvalue weighted by molar-refractivity contribution is 5.90. The Balaban J connectivity index is 2.01. The van der Waals surface area contributed by atoms with Crippen molar-refractivity contribution in [2.75, 3.05) is 6.61 Å². The Labute approximate surface area is 111 Å². The van der Waals surface area contributed by atoms with Crippen LogP contribution >= 0.6 is 0 Å². The molecule has 0 aliphatic carbocycles. The van der Waals surface area contributed by atoms with Crippen LogP contribution in [-0.2, 0) is 6.54 Å². The SMILES string of the molecule is Cc1nn(CCOc2ccccc2)c(C)c1C(=O)O. The highest BCUT2D eigenvalue weighted by Gasteiger charge is 2.17. The van der Waals surface area contributed by atoms with Crippen molar-refractivity contribution in [3.63, 3.8) is 0 Å². The summed E-state index contributed by atoms with van der Waals surface area (Å²) < 4.78 is 7.23. The van der Waals surface area contributed by atoms with Gasteiger partial charge in [-0.2, -0.15) is 5.10 Å². The van der Waals surface area contributed by atoms with Crippen molar-refractivity contribution in [1.82, 2.24) is 9.78 Å². The number of ether oxygens (including phenoxy) is 1. The maximum absolute atomic E-state index is 11.1. The summed E-state index contributed by atoms with van der Waals surface area (Å²) >= 11 is 0. The second-order valence-electron chi connectivity index (χ2n) is 4.24. The van der Waals surface area contributed by atoms with E-state index in [0.29, 0.717) is 24.5 Å². The largest absolute Gasteiger partial charge is 0.492 e. The molecule has 0 bridgehead atoms. The standard InChI is InChI=1S/C14H16N2O3/c1-10-13(14(17)18)11(2)16(15-10)8-9-19-12-6-4-3-5-7-12/h3-7H,8-9H2,1-2H3,(H,17,18). The van der Waals surface area contributed by atoms with E-state index in [4.69, 9.17) is 9.84 Å². The molecule has 0 amide bonds. The Kier molecular flexibility index (Phi) is 3.85. The number of aryl methyl sites for hydroxylation is 1. The van der Waals surface area contributed by atoms with Gasteiger partial charge in [0.25, 0.3) is 0 Å². The molecular weight excluding hydrogens is 244 g/mol. The summed E-state index contributed by atoms with van der Waals surface area (Å²) in [5.41, 5.74) is 1.46. The van der Waals surface area contributed by atoms with Crippen molar-refractivity contribution in [1.29, 1.82) is 0 Å². The van der Waals surface area contributed by atoms with Crippen molar-refractivity contribution in [3.8, 4) is 5.75 Å². The molecule has 0 radical (unpaired) electrons. The quantitative estimate of drug-likeness (QED) is 0.895. The molecule has 1 aromatic carbocycles. The molecule has 0 saturated carbocycles. The van der Waals surface area contributed by atoms with Crippen LogP contribution in [0, 0.1) is 13.8 Å². The Morgan fingerprint density at radius 3 is 2.58 bits per heavy atom. The minimum atomic E-state index is -0.940. The highest BCUT2D eigenvalue weighted by Crippen LogP contribution is 2.13. The first-order chi connectivity index (χ1) is 9.09. The molecule has 0 aliphatic rings. The molecule has 1 N–H and O–H groups in total. The number of hydrogen-bond acceptors (Lipinski definition) is 3. The third-order valence-corrected chi connectivity index (χ3v) is 2.91. The number of carbonyl (C=O) groups is 1. The number of para-hydroxylation sites is 1. The van der Waals surface area contributed by atoms with E-state index >= 15 is 0 Å². The van der Waals surface area contributed by atoms with Crippen molar-refractivity contribution in [2.45, 2.75) is 20.4 Å². The van der Waals surface area contributed by atoms with Crippen LogP contribution in [0.15, 0.2) is 30.3 Å². The Morgan fingerprint density at radius 1 is 1.32 bits per heavy atom. The summed E-state index contributed by atoms with van der Waals surface area (Å²) in [6.45, 7) is 4.43. The second kappa shape index (κ2) is 5.56. The number of carboxylic acids is 1. The van der Waals surface area contributed by atoms with Crippen LogP contribution in [0.25, 0.3) is 0 Å². The van der Waals surface area contributed by atoms with E-state index in [9.17, 15) is 4.79 Å². The lowest BCUT2D eigenvalue weighted by atomic mass is 10.2. The lowest BCUT2D eigenvalue weighted by Gasteiger charge is -2.07. The number of nitrogens with zero attached hydrogens (tertiary/aromatic N) is 2. The predicted octanol–water partition coefficient (Wildman–Crippen LogP) is 2.28. The lowest BCUT2D eigenvalue weighted by molar-refractivity contribution is 0.0695. The van der Waals surface area contributed by atoms with Gasteiger partial charge in [-0.1, -0.05) is 18.2 Å². The van der Waals surface area contributed by atoms with Crippen LogP contribution in [0.5, 0.6) is 5.75 Å². The fraction of sp³-hybridized carbons (Fsp3) is 0.286. The van der Waals surface area contributed by atoms with E-state index in [0.717, 1.165) is 5.75 Å². The molecule has 19 heavy (non-hydrogen) atoms. The molecule has 0 fully saturated rings. The van der Waals surface area contributed by atoms with E-state index in [2.05, 4.69) is 5.10 Å². The third-order valence-electron chi connectivity index (χ3n) is 2.91. The van der Waals surface area contributed by atoms with Gasteiger partial charge in [0.15, 0.2) is 0 Å². The zero-order valence-corrected chi connectivity index (χ0v) is 11.0. The van der Waals surface area contributed by atoms with Crippen LogP contribution in [0.1, 0.15) is 21.7 Å². The second-order valence-corrected chi connectivity index (χ2v) is 4.24. The summed E-state index contributed by atoms with van der Waals surface area (Å²) in [7, 11) is 0. The van der Waals surface area contributed by atoms with Gasteiger partial charge >= 0.3 is 5.97 Å². The Bertz CT molecular complexity index is 576. The van der Waals surface area contributed by atoms with Crippen LogP contribution in [0.2, 0.25) is 0 Å². The summed E-state index contributed by atoms with van der Waals surface area (Å²) in [5.74, 6) is -0.146. The molecule has 5 nitrogen and oxygen atoms in total. The van der Waals surface area contributed by atoms with Crippen LogP contribution in [0.4, 0.5) is 0 Å². The molecule has 100 valence electrons. The van der Waals surface area contributed by atoms with E-state index in [1.165, 1.54) is 0 Å². The van der Waals surface area contributed by atoms with Gasteiger partial charge < -0.3 is 9.84 Å². The zero-order chi connectivity index (χ0) is 13.8. The molecule has 0 unspecified atom stereocenters. The summed E-state index contributed by atoms with van der Waals surface area (Å²) in [5, 5.41) is 13.3. The first-order valence-corrected chi connectivity index (χ1v) is 6.04. The lowest BCUT2D eigenvalue weighted by Crippen LogP contribution is -2.11. The first kappa shape index (κ1) is 13.1. The minimum Gasteiger partial charge on any atom is -0.492 e. The van der Waals surface area contributed by atoms with Crippen LogP contribution in [-0.4, -0.2) is 27.5 Å². The third kappa shape index (κ3) is 2.93. The minimum absolute atomic E-state index is 0.278. The number of aromatic carboxylic acids is 1. The number of hydrogen-bond donors (Lipinski definition) is 1. The van der Waals surface area contributed by atoms with Crippen molar-refractivity contribution in [3.05, 3.63) is 47.3 Å². The molecule has 2 aromatic rings. The zero-order valence-electron chi connectivity index (χ0n) is 11.0. The molecule has 0 spiro atoms. The van der Waals surface area contributed by atoms with Gasteiger partial charge in [-0.15, -0.1) is 0 Å². The summed E-state index contributed by atoms with van der Waals surface area (Å²) in [6, 6.07) is 9.49. The molecule has 0 atom stereocenters. The molecule has 0 saturated heterocycles. The predicted molar refractivity (Wildman–Crippen MR) is 70.6 cm³/mol. The number of aromatic nitrogens is 2. The van der Waals surface area contributed by atoms with E-state index < -0.39 is 5.97 Å². The maximum atomic E-state index is 11.1. The van der Waals surface area contributed by atoms with Crippen LogP contribution in [0.3, 0.4) is 0 Å². The summed E-state index contributed by atoms with van der Waals surface area (Å²) in [6.07, 6.45) is 0. The van der Waals surface area contributed by atoms with Crippen LogP contribution < -0.4 is 4.74 Å². The molecule has 0 aliphatic heterocycles. The summed E-state index contributed by atoms with van der Waals surface area (Å²) in [4.78, 5) is 11.1. The number of rotatable bonds is 5. The first-order valence-electron chi connectivity index (χ1n) is 6.04. The normalized spacial score (nSPS) is 10.4. The van der Waals surface area contributed by atoms with Gasteiger partial charge in [0.05, 0.1) is 17.9 Å². The van der Waals surface area contributed by atoms with Gasteiger partial charge in [-0.25, -0.2) is 4.79 Å². The van der Waals surface area contributed by atoms with Crippen molar-refractivity contribution in [2.24, 2.45) is 0 Å². The van der Waals surface area contributed by atoms with E-state index in [-0.39, 0.29) is 5.56 Å². The topological polar surface area (TPSA) is 64.4 Å². The van der Waals surface area contributed by atoms with Crippen molar-refractivity contribution >= 4 is 5.97 Å². The fourth-order valence-corrected chi connectivity index (χ4v) is 1.99. The smallest absolute Gasteiger partial charge is 0.339 e. The van der Waals surface area contributed by atoms with Crippen molar-refractivity contribution < 1.29 is 14.6 Å². The van der Waals surface area contributed by atoms with Gasteiger partial charge in [-0.05, 0) is 26.0 Å². The molecule has 1 aromatic heterocycles. The fourth-order valence-electron chi connectivity index (χ4n) is 1.99. The molecular formula is C14H16N2O3.